The summed E-state index contributed by atoms with van der Waals surface area (Å²) in [7, 11) is -4.25. The Balaban J connectivity index is 5.56. The summed E-state index contributed by atoms with van der Waals surface area (Å²) in [6.07, 6.45) is -0.178. The fraction of sp³-hybridized carbons (Fsp3) is 1.00. The molecule has 0 aromatic rings. The van der Waals surface area contributed by atoms with Crippen LogP contribution in [0.5, 0.6) is 0 Å². The van der Waals surface area contributed by atoms with Crippen LogP contribution in [0.25, 0.3) is 0 Å². The molecule has 0 saturated carbocycles. The van der Waals surface area contributed by atoms with Crippen molar-refractivity contribution in [2.45, 2.75) is 17.5 Å². The van der Waals surface area contributed by atoms with Crippen LogP contribution < -0.4 is 0 Å². The number of aliphatic hydroxyl groups is 6. The molecule has 0 aliphatic heterocycles. The highest BCUT2D eigenvalue weighted by Gasteiger charge is 2.47. The maximum atomic E-state index is 10.8. The Kier molecular flexibility index (Phi) is 8.90. The van der Waals surface area contributed by atoms with Gasteiger partial charge in [-0.15, -0.1) is 0 Å². The summed E-state index contributed by atoms with van der Waals surface area (Å²) in [5, 5.41) is 56.9. The highest BCUT2D eigenvalue weighted by Crippen LogP contribution is 2.26. The van der Waals surface area contributed by atoms with E-state index in [2.05, 4.69) is 0 Å². The van der Waals surface area contributed by atoms with Crippen LogP contribution in [0, 0.1) is 0 Å². The molecule has 0 aromatic carbocycles. The van der Waals surface area contributed by atoms with Crippen LogP contribution in [0.1, 0.15) is 6.42 Å². The highest BCUT2D eigenvalue weighted by molar-refractivity contribution is 7.85. The molecule has 0 aliphatic rings. The molecule has 11 heteroatoms. The fourth-order valence-electron chi connectivity index (χ4n) is 2.19. The molecule has 0 amide bonds. The lowest BCUT2D eigenvalue weighted by Crippen LogP contribution is -2.70. The van der Waals surface area contributed by atoms with E-state index >= 15 is 0 Å². The molecule has 0 aliphatic carbocycles. The molecule has 0 fully saturated rings. The van der Waals surface area contributed by atoms with Gasteiger partial charge in [0.25, 0.3) is 10.1 Å². The van der Waals surface area contributed by atoms with Crippen LogP contribution in [0.3, 0.4) is 0 Å². The van der Waals surface area contributed by atoms with E-state index in [1.165, 1.54) is 0 Å². The van der Waals surface area contributed by atoms with Gasteiger partial charge in [0, 0.05) is 6.54 Å². The zero-order valence-electron chi connectivity index (χ0n) is 12.2. The SMILES string of the molecule is O=S(=O)(O)CCCN(C(CO)(CO)CO)C(CO)(CO)CO. The van der Waals surface area contributed by atoms with Gasteiger partial charge in [-0.1, -0.05) is 0 Å². The third kappa shape index (κ3) is 5.08. The molecular weight excluding hydrogens is 322 g/mol. The smallest absolute Gasteiger partial charge is 0.264 e. The third-order valence-corrected chi connectivity index (χ3v) is 4.50. The zero-order valence-corrected chi connectivity index (χ0v) is 13.0. The van der Waals surface area contributed by atoms with E-state index in [1.54, 1.807) is 0 Å². The average Bonchev–Trinajstić information content (AvgIpc) is 2.50. The number of nitrogens with zero attached hydrogens (tertiary/aromatic N) is 1. The molecule has 0 rings (SSSR count). The standard InChI is InChI=1S/C11H25NO9S/c13-4-10(5-14,6-15)12(2-1-3-22(19,20)21)11(7-16,8-17)9-18/h13-18H,1-9H2,(H,19,20,21). The first-order valence-electron chi connectivity index (χ1n) is 6.59. The van der Waals surface area contributed by atoms with Crippen LogP contribution in [0.4, 0.5) is 0 Å². The second kappa shape index (κ2) is 9.05. The molecule has 0 radical (unpaired) electrons. The van der Waals surface area contributed by atoms with Crippen molar-refractivity contribution in [1.82, 2.24) is 4.90 Å². The fourth-order valence-corrected chi connectivity index (χ4v) is 2.69. The predicted octanol–water partition coefficient (Wildman–Crippen LogP) is -4.00. The van der Waals surface area contributed by atoms with E-state index in [4.69, 9.17) is 4.55 Å². The molecule has 0 spiro atoms. The van der Waals surface area contributed by atoms with Gasteiger partial charge in [0.05, 0.1) is 56.5 Å². The number of hydrogen-bond donors (Lipinski definition) is 7. The van der Waals surface area contributed by atoms with E-state index in [9.17, 15) is 39.1 Å². The van der Waals surface area contributed by atoms with Gasteiger partial charge in [0.1, 0.15) is 0 Å². The second-order valence-corrected chi connectivity index (χ2v) is 6.76. The van der Waals surface area contributed by atoms with Crippen LogP contribution >= 0.6 is 0 Å². The maximum absolute atomic E-state index is 10.8. The highest BCUT2D eigenvalue weighted by atomic mass is 32.2. The zero-order chi connectivity index (χ0) is 17.4. The van der Waals surface area contributed by atoms with Crippen LogP contribution in [0.2, 0.25) is 0 Å². The minimum Gasteiger partial charge on any atom is -0.394 e. The minimum absolute atomic E-state index is 0.178. The Morgan fingerprint density at radius 3 is 1.27 bits per heavy atom. The van der Waals surface area contributed by atoms with Crippen molar-refractivity contribution >= 4 is 10.1 Å². The van der Waals surface area contributed by atoms with Gasteiger partial charge < -0.3 is 30.6 Å². The van der Waals surface area contributed by atoms with Crippen LogP contribution in [0.15, 0.2) is 0 Å². The summed E-state index contributed by atoms with van der Waals surface area (Å²) in [5.74, 6) is -0.639. The quantitative estimate of drug-likeness (QED) is 0.172. The molecule has 134 valence electrons. The van der Waals surface area contributed by atoms with E-state index in [0.717, 1.165) is 4.90 Å². The molecule has 0 unspecified atom stereocenters. The molecule has 7 N–H and O–H groups in total. The lowest BCUT2D eigenvalue weighted by molar-refractivity contribution is -0.144. The van der Waals surface area contributed by atoms with E-state index in [-0.39, 0.29) is 13.0 Å². The van der Waals surface area contributed by atoms with Crippen molar-refractivity contribution < 1.29 is 43.6 Å². The topological polar surface area (TPSA) is 179 Å². The first-order valence-corrected chi connectivity index (χ1v) is 8.20. The van der Waals surface area contributed by atoms with E-state index in [0.29, 0.717) is 0 Å². The molecular formula is C11H25NO9S. The molecule has 0 aromatic heterocycles. The lowest BCUT2D eigenvalue weighted by Gasteiger charge is -2.50. The Morgan fingerprint density at radius 2 is 1.05 bits per heavy atom. The monoisotopic (exact) mass is 347 g/mol. The summed E-state index contributed by atoms with van der Waals surface area (Å²) in [6.45, 7) is -4.85. The summed E-state index contributed by atoms with van der Waals surface area (Å²) in [6, 6.07) is 0. The summed E-state index contributed by atoms with van der Waals surface area (Å²) in [4.78, 5) is 1.07. The normalized spacial score (nSPS) is 13.8. The predicted molar refractivity (Wildman–Crippen MR) is 75.7 cm³/mol. The van der Waals surface area contributed by atoms with Gasteiger partial charge in [-0.05, 0) is 6.42 Å². The summed E-state index contributed by atoms with van der Waals surface area (Å²) >= 11 is 0. The van der Waals surface area contributed by atoms with Gasteiger partial charge in [0.2, 0.25) is 0 Å². The number of aliphatic hydroxyl groups excluding tert-OH is 6. The van der Waals surface area contributed by atoms with E-state index < -0.39 is 66.6 Å². The Hall–Kier alpha value is -0.370. The van der Waals surface area contributed by atoms with Gasteiger partial charge >= 0.3 is 0 Å². The van der Waals surface area contributed by atoms with Gasteiger partial charge in [-0.3, -0.25) is 9.45 Å². The van der Waals surface area contributed by atoms with Gasteiger partial charge in [-0.2, -0.15) is 8.42 Å². The van der Waals surface area contributed by atoms with Crippen molar-refractivity contribution in [2.24, 2.45) is 0 Å². The molecule has 0 bridgehead atoms. The molecule has 0 saturated heterocycles. The van der Waals surface area contributed by atoms with Crippen molar-refractivity contribution in [1.29, 1.82) is 0 Å². The second-order valence-electron chi connectivity index (χ2n) is 5.19. The Morgan fingerprint density at radius 1 is 0.727 bits per heavy atom. The van der Waals surface area contributed by atoms with Crippen molar-refractivity contribution in [3.8, 4) is 0 Å². The largest absolute Gasteiger partial charge is 0.394 e. The maximum Gasteiger partial charge on any atom is 0.264 e. The average molecular weight is 347 g/mol. The van der Waals surface area contributed by atoms with Crippen LogP contribution in [-0.2, 0) is 10.1 Å². The molecule has 0 heterocycles. The summed E-state index contributed by atoms with van der Waals surface area (Å²) in [5.41, 5.74) is -3.40. The molecule has 10 nitrogen and oxygen atoms in total. The summed E-state index contributed by atoms with van der Waals surface area (Å²) < 4.78 is 30.3. The van der Waals surface area contributed by atoms with Crippen molar-refractivity contribution in [2.75, 3.05) is 51.9 Å². The number of hydrogen-bond acceptors (Lipinski definition) is 9. The van der Waals surface area contributed by atoms with Crippen molar-refractivity contribution in [3.05, 3.63) is 0 Å². The number of rotatable bonds is 12. The van der Waals surface area contributed by atoms with Gasteiger partial charge in [0.15, 0.2) is 0 Å². The first-order chi connectivity index (χ1) is 10.2. The van der Waals surface area contributed by atoms with Gasteiger partial charge in [-0.25, -0.2) is 0 Å². The molecule has 22 heavy (non-hydrogen) atoms. The Labute approximate surface area is 129 Å². The van der Waals surface area contributed by atoms with Crippen molar-refractivity contribution in [3.63, 3.8) is 0 Å². The lowest BCUT2D eigenvalue weighted by atomic mass is 9.90. The molecule has 0 atom stereocenters. The first kappa shape index (κ1) is 21.6. The minimum atomic E-state index is -4.25. The van der Waals surface area contributed by atoms with Crippen LogP contribution in [-0.4, -0.2) is 112 Å². The van der Waals surface area contributed by atoms with E-state index in [1.807, 2.05) is 0 Å². The third-order valence-electron chi connectivity index (χ3n) is 3.70. The Bertz CT molecular complexity index is 369.